The van der Waals surface area contributed by atoms with Gasteiger partial charge in [0.15, 0.2) is 11.5 Å². The molecule has 0 aromatic heterocycles. The molecule has 0 radical (unpaired) electrons. The summed E-state index contributed by atoms with van der Waals surface area (Å²) in [5.41, 5.74) is 0.833. The monoisotopic (exact) mass is 459 g/mol. The Hall–Kier alpha value is -3.27. The molecular weight excluding hydrogens is 434 g/mol. The lowest BCUT2D eigenvalue weighted by Crippen LogP contribution is -2.36. The standard InChI is InChI=1S/C22H25N3O6S/c26-21(14-23-22(27)15-3-1-2-4-15)24-16-5-7-17(8-6-16)25-32(28,29)18-9-10-19-20(13-18)31-12-11-30-19/h5-10,13,15,25H,1-4,11-12,14H2,(H,23,27)(H,24,26). The van der Waals surface area contributed by atoms with Crippen molar-refractivity contribution < 1.29 is 27.5 Å². The Bertz CT molecular complexity index is 1100. The third-order valence-corrected chi connectivity index (χ3v) is 6.77. The molecule has 1 heterocycles. The van der Waals surface area contributed by atoms with Crippen molar-refractivity contribution in [3.63, 3.8) is 0 Å². The molecule has 4 rings (SSSR count). The van der Waals surface area contributed by atoms with E-state index in [0.717, 1.165) is 25.7 Å². The molecule has 170 valence electrons. The number of nitrogens with one attached hydrogen (secondary N) is 3. The second kappa shape index (κ2) is 9.47. The van der Waals surface area contributed by atoms with Gasteiger partial charge in [-0.1, -0.05) is 12.8 Å². The number of hydrogen-bond donors (Lipinski definition) is 3. The Balaban J connectivity index is 1.32. The second-order valence-electron chi connectivity index (χ2n) is 7.74. The van der Waals surface area contributed by atoms with Crippen LogP contribution in [0.15, 0.2) is 47.4 Å². The van der Waals surface area contributed by atoms with Crippen molar-refractivity contribution in [2.24, 2.45) is 5.92 Å². The molecule has 1 aliphatic carbocycles. The topological polar surface area (TPSA) is 123 Å². The van der Waals surface area contributed by atoms with Crippen molar-refractivity contribution in [1.29, 1.82) is 0 Å². The fourth-order valence-corrected chi connectivity index (χ4v) is 4.81. The van der Waals surface area contributed by atoms with Crippen LogP contribution in [0.5, 0.6) is 11.5 Å². The number of fused-ring (bicyclic) bond motifs is 1. The van der Waals surface area contributed by atoms with Crippen LogP contribution in [0.4, 0.5) is 11.4 Å². The quantitative estimate of drug-likeness (QED) is 0.585. The highest BCUT2D eigenvalue weighted by molar-refractivity contribution is 7.92. The summed E-state index contributed by atoms with van der Waals surface area (Å²) in [7, 11) is -3.83. The highest BCUT2D eigenvalue weighted by atomic mass is 32.2. The molecule has 9 nitrogen and oxygen atoms in total. The van der Waals surface area contributed by atoms with Gasteiger partial charge in [0.1, 0.15) is 13.2 Å². The van der Waals surface area contributed by atoms with Crippen LogP contribution in [0.2, 0.25) is 0 Å². The van der Waals surface area contributed by atoms with E-state index in [9.17, 15) is 18.0 Å². The minimum Gasteiger partial charge on any atom is -0.486 e. The van der Waals surface area contributed by atoms with Gasteiger partial charge in [0.2, 0.25) is 11.8 Å². The van der Waals surface area contributed by atoms with E-state index in [-0.39, 0.29) is 29.2 Å². The fraction of sp³-hybridized carbons (Fsp3) is 0.364. The SMILES string of the molecule is O=C(CNC(=O)C1CCCC1)Nc1ccc(NS(=O)(=O)c2ccc3c(c2)OCCO3)cc1. The third-order valence-electron chi connectivity index (χ3n) is 5.39. The highest BCUT2D eigenvalue weighted by Gasteiger charge is 2.23. The van der Waals surface area contributed by atoms with Crippen molar-refractivity contribution in [3.8, 4) is 11.5 Å². The number of carbonyl (C=O) groups excluding carboxylic acids is 2. The molecule has 0 saturated heterocycles. The Kier molecular flexibility index (Phi) is 6.50. The lowest BCUT2D eigenvalue weighted by Gasteiger charge is -2.19. The average Bonchev–Trinajstić information content (AvgIpc) is 3.33. The largest absolute Gasteiger partial charge is 0.486 e. The van der Waals surface area contributed by atoms with E-state index in [1.165, 1.54) is 12.1 Å². The fourth-order valence-electron chi connectivity index (χ4n) is 3.73. The number of amides is 2. The van der Waals surface area contributed by atoms with Crippen LogP contribution in [0.3, 0.4) is 0 Å². The predicted molar refractivity (Wildman–Crippen MR) is 118 cm³/mol. The summed E-state index contributed by atoms with van der Waals surface area (Å²) in [5, 5.41) is 5.35. The zero-order chi connectivity index (χ0) is 22.6. The molecule has 3 N–H and O–H groups in total. The molecule has 0 unspecified atom stereocenters. The van der Waals surface area contributed by atoms with E-state index in [1.807, 2.05) is 0 Å². The predicted octanol–water partition coefficient (Wildman–Crippen LogP) is 2.50. The molecular formula is C22H25N3O6S. The number of sulfonamides is 1. The maximum Gasteiger partial charge on any atom is 0.262 e. The van der Waals surface area contributed by atoms with Crippen LogP contribution in [0.25, 0.3) is 0 Å². The maximum absolute atomic E-state index is 12.7. The number of carbonyl (C=O) groups is 2. The van der Waals surface area contributed by atoms with Crippen LogP contribution < -0.4 is 24.8 Å². The number of benzene rings is 2. The van der Waals surface area contributed by atoms with Gasteiger partial charge in [-0.25, -0.2) is 8.42 Å². The van der Waals surface area contributed by atoms with Gasteiger partial charge in [0.05, 0.1) is 11.4 Å². The summed E-state index contributed by atoms with van der Waals surface area (Å²) in [6, 6.07) is 10.7. The van der Waals surface area contributed by atoms with E-state index in [2.05, 4.69) is 15.4 Å². The number of anilines is 2. The van der Waals surface area contributed by atoms with Crippen LogP contribution in [-0.2, 0) is 19.6 Å². The van der Waals surface area contributed by atoms with Crippen LogP contribution in [0, 0.1) is 5.92 Å². The Morgan fingerprint density at radius 1 is 0.906 bits per heavy atom. The van der Waals surface area contributed by atoms with Gasteiger partial charge in [-0.3, -0.25) is 14.3 Å². The third kappa shape index (κ3) is 5.31. The minimum absolute atomic E-state index is 0.00399. The Labute approximate surface area is 186 Å². The van der Waals surface area contributed by atoms with Crippen LogP contribution in [-0.4, -0.2) is 40.0 Å². The first kappa shape index (κ1) is 21.9. The van der Waals surface area contributed by atoms with Gasteiger partial charge in [-0.15, -0.1) is 0 Å². The molecule has 1 aliphatic heterocycles. The van der Waals surface area contributed by atoms with E-state index in [0.29, 0.717) is 36.1 Å². The molecule has 2 aliphatic rings. The second-order valence-corrected chi connectivity index (χ2v) is 9.42. The first-order chi connectivity index (χ1) is 15.4. The lowest BCUT2D eigenvalue weighted by molar-refractivity contribution is -0.127. The van der Waals surface area contributed by atoms with E-state index >= 15 is 0 Å². The average molecular weight is 460 g/mol. The summed E-state index contributed by atoms with van der Waals surface area (Å²) in [4.78, 5) is 24.1. The van der Waals surface area contributed by atoms with Crippen LogP contribution in [0.1, 0.15) is 25.7 Å². The van der Waals surface area contributed by atoms with Crippen molar-refractivity contribution in [2.45, 2.75) is 30.6 Å². The molecule has 0 spiro atoms. The lowest BCUT2D eigenvalue weighted by atomic mass is 10.1. The molecule has 2 aromatic rings. The normalized spacial score (nSPS) is 15.8. The van der Waals surface area contributed by atoms with Crippen molar-refractivity contribution in [2.75, 3.05) is 29.8 Å². The molecule has 0 bridgehead atoms. The summed E-state index contributed by atoms with van der Waals surface area (Å²) in [5.74, 6) is 0.471. The zero-order valence-electron chi connectivity index (χ0n) is 17.4. The Morgan fingerprint density at radius 3 is 2.28 bits per heavy atom. The van der Waals surface area contributed by atoms with Gasteiger partial charge in [-0.05, 0) is 49.2 Å². The number of rotatable bonds is 7. The summed E-state index contributed by atoms with van der Waals surface area (Å²) in [6.07, 6.45) is 3.85. The van der Waals surface area contributed by atoms with E-state index in [4.69, 9.17) is 9.47 Å². The van der Waals surface area contributed by atoms with Gasteiger partial charge < -0.3 is 20.1 Å². The summed E-state index contributed by atoms with van der Waals surface area (Å²) >= 11 is 0. The summed E-state index contributed by atoms with van der Waals surface area (Å²) in [6.45, 7) is 0.683. The van der Waals surface area contributed by atoms with E-state index < -0.39 is 10.0 Å². The molecule has 1 saturated carbocycles. The van der Waals surface area contributed by atoms with Crippen molar-refractivity contribution in [3.05, 3.63) is 42.5 Å². The summed E-state index contributed by atoms with van der Waals surface area (Å²) < 4.78 is 38.7. The maximum atomic E-state index is 12.7. The van der Waals surface area contributed by atoms with Gasteiger partial charge >= 0.3 is 0 Å². The zero-order valence-corrected chi connectivity index (χ0v) is 18.2. The molecule has 2 aromatic carbocycles. The van der Waals surface area contributed by atoms with Gasteiger partial charge in [0, 0.05) is 23.4 Å². The number of hydrogen-bond acceptors (Lipinski definition) is 6. The Morgan fingerprint density at radius 2 is 1.56 bits per heavy atom. The molecule has 2 amide bonds. The molecule has 0 atom stereocenters. The van der Waals surface area contributed by atoms with Gasteiger partial charge in [0.25, 0.3) is 10.0 Å². The first-order valence-electron chi connectivity index (χ1n) is 10.5. The first-order valence-corrected chi connectivity index (χ1v) is 12.0. The van der Waals surface area contributed by atoms with Crippen molar-refractivity contribution in [1.82, 2.24) is 5.32 Å². The smallest absolute Gasteiger partial charge is 0.262 e. The van der Waals surface area contributed by atoms with Crippen LogP contribution >= 0.6 is 0 Å². The molecule has 10 heteroatoms. The number of ether oxygens (including phenoxy) is 2. The van der Waals surface area contributed by atoms with Gasteiger partial charge in [-0.2, -0.15) is 0 Å². The highest BCUT2D eigenvalue weighted by Crippen LogP contribution is 2.32. The van der Waals surface area contributed by atoms with E-state index in [1.54, 1.807) is 30.3 Å². The van der Waals surface area contributed by atoms with Crippen molar-refractivity contribution >= 4 is 33.2 Å². The minimum atomic E-state index is -3.83. The molecule has 1 fully saturated rings. The molecule has 32 heavy (non-hydrogen) atoms.